The van der Waals surface area contributed by atoms with E-state index in [0.717, 1.165) is 34.0 Å². The molecule has 1 fully saturated rings. The van der Waals surface area contributed by atoms with Crippen LogP contribution in [0.15, 0.2) is 79.0 Å². The molecule has 0 aliphatic carbocycles. The van der Waals surface area contributed by atoms with Gasteiger partial charge in [-0.15, -0.1) is 0 Å². The van der Waals surface area contributed by atoms with Crippen LogP contribution in [-0.2, 0) is 0 Å². The molecule has 8 heteroatoms. The van der Waals surface area contributed by atoms with Crippen molar-refractivity contribution in [3.8, 4) is 5.69 Å². The minimum absolute atomic E-state index is 0.222. The van der Waals surface area contributed by atoms with Crippen LogP contribution in [0.4, 0.5) is 10.1 Å². The Morgan fingerprint density at radius 3 is 2.49 bits per heavy atom. The highest BCUT2D eigenvalue weighted by atomic mass is 32.1. The number of aryl methyl sites for hydroxylation is 1. The molecule has 2 aromatic carbocycles. The Balaban J connectivity index is 1.67. The lowest BCUT2D eigenvalue weighted by Crippen LogP contribution is -2.29. The largest absolute Gasteiger partial charge is 0.478 e. The van der Waals surface area contributed by atoms with Crippen LogP contribution in [0, 0.1) is 19.7 Å². The topological polar surface area (TPSA) is 70.4 Å². The van der Waals surface area contributed by atoms with Crippen LogP contribution in [0.2, 0.25) is 0 Å². The predicted molar refractivity (Wildman–Crippen MR) is 137 cm³/mol. The molecule has 0 saturated carbocycles. The smallest absolute Gasteiger partial charge is 0.335 e. The van der Waals surface area contributed by atoms with Crippen molar-refractivity contribution in [2.24, 2.45) is 0 Å². The molecule has 6 nitrogen and oxygen atoms in total. The summed E-state index contributed by atoms with van der Waals surface area (Å²) in [6.45, 7) is 4.00. The molecule has 0 unspecified atom stereocenters. The van der Waals surface area contributed by atoms with Crippen LogP contribution in [0.5, 0.6) is 0 Å². The zero-order valence-corrected chi connectivity index (χ0v) is 20.0. The molecule has 176 valence electrons. The second-order valence-corrected chi connectivity index (χ2v) is 8.88. The Bertz CT molecular complexity index is 1420. The Hall–Kier alpha value is -4.04. The number of thiocarbonyl (C=S) groups is 1. The van der Waals surface area contributed by atoms with Crippen molar-refractivity contribution in [2.45, 2.75) is 25.9 Å². The standard InChI is InChI=1S/C27H23FN4O2S/c1-16-14-22(17(2)31(16)21-7-5-6-18(15-21)26(33)34)25-24(23-8-3-4-13-29-23)30-27(35)32(25)20-11-9-19(28)10-12-20/h3-15,24-25H,1-2H3,(H,30,35)(H,33,34)/t24-,25-/m0/s1. The third-order valence-corrected chi connectivity index (χ3v) is 6.66. The van der Waals surface area contributed by atoms with Gasteiger partial charge in [-0.25, -0.2) is 9.18 Å². The van der Waals surface area contributed by atoms with Crippen molar-refractivity contribution in [2.75, 3.05) is 4.90 Å². The lowest BCUT2D eigenvalue weighted by Gasteiger charge is -2.28. The average molecular weight is 487 g/mol. The van der Waals surface area contributed by atoms with Crippen molar-refractivity contribution in [3.63, 3.8) is 0 Å². The minimum atomic E-state index is -0.974. The van der Waals surface area contributed by atoms with Crippen molar-refractivity contribution >= 4 is 29.0 Å². The molecular formula is C27H23FN4O2S. The van der Waals surface area contributed by atoms with Gasteiger partial charge < -0.3 is 19.9 Å². The SMILES string of the molecule is Cc1cc([C@H]2[C@H](c3ccccn3)NC(=S)N2c2ccc(F)cc2)c(C)n1-c1cccc(C(=O)O)c1. The summed E-state index contributed by atoms with van der Waals surface area (Å²) >= 11 is 5.75. The number of pyridine rings is 1. The van der Waals surface area contributed by atoms with Gasteiger partial charge >= 0.3 is 5.97 Å². The van der Waals surface area contributed by atoms with Gasteiger partial charge in [0.15, 0.2) is 5.11 Å². The zero-order chi connectivity index (χ0) is 24.7. The highest BCUT2D eigenvalue weighted by molar-refractivity contribution is 7.80. The molecule has 4 aromatic rings. The molecule has 2 N–H and O–H groups in total. The first-order chi connectivity index (χ1) is 16.8. The molecular weight excluding hydrogens is 463 g/mol. The monoisotopic (exact) mass is 486 g/mol. The molecule has 1 aliphatic heterocycles. The summed E-state index contributed by atoms with van der Waals surface area (Å²) in [5.41, 5.74) is 5.51. The number of hydrogen-bond donors (Lipinski definition) is 2. The number of anilines is 1. The lowest BCUT2D eigenvalue weighted by molar-refractivity contribution is 0.0697. The number of halogens is 1. The number of nitrogens with zero attached hydrogens (tertiary/aromatic N) is 3. The lowest BCUT2D eigenvalue weighted by atomic mass is 9.96. The molecule has 0 spiro atoms. The van der Waals surface area contributed by atoms with Gasteiger partial charge in [0.1, 0.15) is 5.82 Å². The number of aromatic carboxylic acids is 1. The summed E-state index contributed by atoms with van der Waals surface area (Å²) in [6, 6.07) is 20.5. The van der Waals surface area contributed by atoms with Gasteiger partial charge in [-0.05, 0) is 92.3 Å². The maximum atomic E-state index is 13.7. The molecule has 1 saturated heterocycles. The first kappa shape index (κ1) is 22.7. The fourth-order valence-corrected chi connectivity index (χ4v) is 5.16. The summed E-state index contributed by atoms with van der Waals surface area (Å²) in [7, 11) is 0. The van der Waals surface area contributed by atoms with Gasteiger partial charge in [0.2, 0.25) is 0 Å². The number of nitrogens with one attached hydrogen (secondary N) is 1. The summed E-state index contributed by atoms with van der Waals surface area (Å²) in [5, 5.41) is 13.4. The van der Waals surface area contributed by atoms with Gasteiger partial charge in [-0.1, -0.05) is 12.1 Å². The third-order valence-electron chi connectivity index (χ3n) is 6.34. The third kappa shape index (κ3) is 4.06. The van der Waals surface area contributed by atoms with Crippen molar-refractivity contribution in [3.05, 3.63) is 113 Å². The second kappa shape index (κ2) is 8.96. The van der Waals surface area contributed by atoms with E-state index in [9.17, 15) is 14.3 Å². The number of carboxylic acids is 1. The fourth-order valence-electron chi connectivity index (χ4n) is 4.81. The van der Waals surface area contributed by atoms with Gasteiger partial charge in [-0.2, -0.15) is 0 Å². The van der Waals surface area contributed by atoms with Crippen LogP contribution < -0.4 is 10.2 Å². The fraction of sp³-hybridized carbons (Fsp3) is 0.148. The van der Waals surface area contributed by atoms with E-state index in [0.29, 0.717) is 5.11 Å². The molecule has 0 bridgehead atoms. The number of hydrogen-bond acceptors (Lipinski definition) is 3. The molecule has 5 rings (SSSR count). The van der Waals surface area contributed by atoms with Crippen LogP contribution >= 0.6 is 12.2 Å². The molecule has 3 heterocycles. The van der Waals surface area contributed by atoms with Gasteiger partial charge in [0, 0.05) is 29.0 Å². The first-order valence-corrected chi connectivity index (χ1v) is 11.5. The number of carbonyl (C=O) groups is 1. The first-order valence-electron chi connectivity index (χ1n) is 11.1. The Kier molecular flexibility index (Phi) is 5.82. The van der Waals surface area contributed by atoms with E-state index < -0.39 is 5.97 Å². The summed E-state index contributed by atoms with van der Waals surface area (Å²) in [4.78, 5) is 18.1. The highest BCUT2D eigenvalue weighted by Crippen LogP contribution is 2.43. The predicted octanol–water partition coefficient (Wildman–Crippen LogP) is 5.50. The van der Waals surface area contributed by atoms with E-state index in [4.69, 9.17) is 12.2 Å². The van der Waals surface area contributed by atoms with Gasteiger partial charge in [-0.3, -0.25) is 4.98 Å². The van der Waals surface area contributed by atoms with Gasteiger partial charge in [0.25, 0.3) is 0 Å². The Labute approximate surface area is 207 Å². The van der Waals surface area contributed by atoms with E-state index in [2.05, 4.69) is 16.4 Å². The number of carboxylic acid groups (broad SMARTS) is 1. The van der Waals surface area contributed by atoms with E-state index in [1.165, 1.54) is 12.1 Å². The summed E-state index contributed by atoms with van der Waals surface area (Å²) in [5.74, 6) is -1.29. The molecule has 0 amide bonds. The normalized spacial score (nSPS) is 17.5. The van der Waals surface area contributed by atoms with Crippen LogP contribution in [-0.4, -0.2) is 25.7 Å². The number of rotatable bonds is 5. The quantitative estimate of drug-likeness (QED) is 0.363. The summed E-state index contributed by atoms with van der Waals surface area (Å²) in [6.07, 6.45) is 1.75. The van der Waals surface area contributed by atoms with E-state index in [-0.39, 0.29) is 23.5 Å². The minimum Gasteiger partial charge on any atom is -0.478 e. The highest BCUT2D eigenvalue weighted by Gasteiger charge is 2.42. The number of aromatic nitrogens is 2. The molecule has 2 atom stereocenters. The maximum Gasteiger partial charge on any atom is 0.335 e. The zero-order valence-electron chi connectivity index (χ0n) is 19.1. The van der Waals surface area contributed by atoms with Crippen LogP contribution in [0.25, 0.3) is 5.69 Å². The average Bonchev–Trinajstić information content (AvgIpc) is 3.35. The van der Waals surface area contributed by atoms with Crippen molar-refractivity contribution in [1.29, 1.82) is 0 Å². The molecule has 0 radical (unpaired) electrons. The van der Waals surface area contributed by atoms with Crippen LogP contribution in [0.3, 0.4) is 0 Å². The van der Waals surface area contributed by atoms with Crippen molar-refractivity contribution in [1.82, 2.24) is 14.9 Å². The van der Waals surface area contributed by atoms with Crippen LogP contribution in [0.1, 0.15) is 45.1 Å². The Morgan fingerprint density at radius 1 is 1.03 bits per heavy atom. The summed E-state index contributed by atoms with van der Waals surface area (Å²) < 4.78 is 15.8. The molecule has 2 aromatic heterocycles. The number of benzene rings is 2. The van der Waals surface area contributed by atoms with Crippen molar-refractivity contribution < 1.29 is 14.3 Å². The van der Waals surface area contributed by atoms with Gasteiger partial charge in [0.05, 0.1) is 23.3 Å². The molecule has 1 aliphatic rings. The maximum absolute atomic E-state index is 13.7. The molecule has 35 heavy (non-hydrogen) atoms. The Morgan fingerprint density at radius 2 is 1.80 bits per heavy atom. The van der Waals surface area contributed by atoms with E-state index in [1.807, 2.05) is 47.6 Å². The van der Waals surface area contributed by atoms with E-state index >= 15 is 0 Å². The second-order valence-electron chi connectivity index (χ2n) is 8.49. The van der Waals surface area contributed by atoms with E-state index in [1.54, 1.807) is 36.5 Å².